The monoisotopic (exact) mass is 474 g/mol. The molecule has 0 aliphatic carbocycles. The summed E-state index contributed by atoms with van der Waals surface area (Å²) in [6.07, 6.45) is -4.58. The Morgan fingerprint density at radius 3 is 2.68 bits per heavy atom. The third kappa shape index (κ3) is 5.88. The number of hydrogen-bond donors (Lipinski definition) is 1. The Morgan fingerprint density at radius 1 is 1.23 bits per heavy atom. The molecule has 0 atom stereocenters. The molecule has 0 saturated heterocycles. The number of carbonyl (C=O) groups excluding carboxylic acids is 1. The molecule has 164 valence electrons. The highest BCUT2D eigenvalue weighted by Crippen LogP contribution is 2.34. The highest BCUT2D eigenvalue weighted by molar-refractivity contribution is 7.99. The summed E-state index contributed by atoms with van der Waals surface area (Å²) in [6.45, 7) is 0.0111. The van der Waals surface area contributed by atoms with Crippen LogP contribution in [0.15, 0.2) is 47.6 Å². The summed E-state index contributed by atoms with van der Waals surface area (Å²) in [6, 6.07) is 8.64. The first kappa shape index (κ1) is 22.9. The van der Waals surface area contributed by atoms with Crippen molar-refractivity contribution >= 4 is 35.0 Å². The van der Waals surface area contributed by atoms with Crippen LogP contribution in [0.5, 0.6) is 5.75 Å². The Hall–Kier alpha value is -2.79. The van der Waals surface area contributed by atoms with Crippen molar-refractivity contribution in [3.8, 4) is 5.75 Å². The topological polar surface area (TPSA) is 69.0 Å². The molecule has 0 fully saturated rings. The van der Waals surface area contributed by atoms with Gasteiger partial charge in [0.1, 0.15) is 18.2 Å². The van der Waals surface area contributed by atoms with Crippen LogP contribution in [-0.2, 0) is 24.6 Å². The lowest BCUT2D eigenvalue weighted by atomic mass is 10.1. The van der Waals surface area contributed by atoms with Crippen molar-refractivity contribution in [2.45, 2.75) is 17.9 Å². The van der Waals surface area contributed by atoms with Crippen molar-refractivity contribution in [2.24, 2.45) is 7.05 Å². The van der Waals surface area contributed by atoms with Crippen LogP contribution in [0.25, 0.3) is 0 Å². The third-order valence-corrected chi connectivity index (χ3v) is 5.33. The average molecular weight is 475 g/mol. The number of aromatic nitrogens is 3. The zero-order valence-corrected chi connectivity index (χ0v) is 17.5. The van der Waals surface area contributed by atoms with E-state index in [0.717, 1.165) is 17.8 Å². The number of thioether (sulfide) groups is 1. The molecule has 0 spiro atoms. The van der Waals surface area contributed by atoms with Crippen LogP contribution in [-0.4, -0.2) is 26.4 Å². The average Bonchev–Trinajstić information content (AvgIpc) is 3.06. The summed E-state index contributed by atoms with van der Waals surface area (Å²) in [4.78, 5) is 12.1. The van der Waals surface area contributed by atoms with Gasteiger partial charge in [-0.25, -0.2) is 4.39 Å². The molecule has 0 aliphatic heterocycles. The summed E-state index contributed by atoms with van der Waals surface area (Å²) in [5.74, 6) is -0.602. The zero-order chi connectivity index (χ0) is 22.6. The Labute approximate surface area is 183 Å². The van der Waals surface area contributed by atoms with E-state index in [2.05, 4.69) is 15.5 Å². The van der Waals surface area contributed by atoms with E-state index >= 15 is 0 Å². The molecule has 31 heavy (non-hydrogen) atoms. The first-order valence-electron chi connectivity index (χ1n) is 8.70. The van der Waals surface area contributed by atoms with E-state index in [1.807, 2.05) is 0 Å². The van der Waals surface area contributed by atoms with Crippen molar-refractivity contribution in [2.75, 3.05) is 11.1 Å². The van der Waals surface area contributed by atoms with E-state index in [9.17, 15) is 22.4 Å². The summed E-state index contributed by atoms with van der Waals surface area (Å²) in [5, 5.41) is 10.5. The fraction of sp³-hybridized carbons (Fsp3) is 0.211. The number of halogens is 5. The van der Waals surface area contributed by atoms with Crippen LogP contribution in [0, 0.1) is 5.82 Å². The van der Waals surface area contributed by atoms with Gasteiger partial charge in [0.15, 0.2) is 11.0 Å². The van der Waals surface area contributed by atoms with Crippen LogP contribution in [0.1, 0.15) is 11.4 Å². The van der Waals surface area contributed by atoms with E-state index in [4.69, 9.17) is 16.3 Å². The summed E-state index contributed by atoms with van der Waals surface area (Å²) < 4.78 is 59.3. The Kier molecular flexibility index (Phi) is 7.06. The number of hydrogen-bond acceptors (Lipinski definition) is 5. The molecule has 3 aromatic rings. The van der Waals surface area contributed by atoms with Crippen molar-refractivity contribution in [1.82, 2.24) is 14.8 Å². The Bertz CT molecular complexity index is 1090. The summed E-state index contributed by atoms with van der Waals surface area (Å²) >= 11 is 6.71. The molecule has 0 saturated carbocycles. The van der Waals surface area contributed by atoms with Gasteiger partial charge in [0, 0.05) is 13.1 Å². The van der Waals surface area contributed by atoms with Crippen LogP contribution >= 0.6 is 23.4 Å². The Balaban J connectivity index is 1.57. The molecule has 0 aliphatic rings. The fourth-order valence-corrected chi connectivity index (χ4v) is 3.37. The minimum Gasteiger partial charge on any atom is -0.486 e. The Morgan fingerprint density at radius 2 is 1.97 bits per heavy atom. The van der Waals surface area contributed by atoms with Gasteiger partial charge in [0.25, 0.3) is 0 Å². The minimum absolute atomic E-state index is 0.0111. The van der Waals surface area contributed by atoms with Gasteiger partial charge in [-0.15, -0.1) is 10.2 Å². The van der Waals surface area contributed by atoms with E-state index in [1.165, 1.54) is 36.4 Å². The van der Waals surface area contributed by atoms with Crippen molar-refractivity contribution in [1.29, 1.82) is 0 Å². The molecule has 6 nitrogen and oxygen atoms in total. The smallest absolute Gasteiger partial charge is 0.418 e. The van der Waals surface area contributed by atoms with Gasteiger partial charge in [-0.05, 0) is 24.3 Å². The largest absolute Gasteiger partial charge is 0.486 e. The summed E-state index contributed by atoms with van der Waals surface area (Å²) in [7, 11) is 1.65. The van der Waals surface area contributed by atoms with Gasteiger partial charge in [-0.2, -0.15) is 13.2 Å². The van der Waals surface area contributed by atoms with E-state index in [1.54, 1.807) is 11.6 Å². The van der Waals surface area contributed by atoms with Gasteiger partial charge in [0.2, 0.25) is 5.91 Å². The number of ether oxygens (including phenoxy) is 1. The van der Waals surface area contributed by atoms with Gasteiger partial charge in [0.05, 0.1) is 22.0 Å². The molecule has 1 N–H and O–H groups in total. The number of anilines is 1. The quantitative estimate of drug-likeness (QED) is 0.388. The molecule has 0 radical (unpaired) electrons. The van der Waals surface area contributed by atoms with Crippen molar-refractivity contribution < 1.29 is 27.1 Å². The van der Waals surface area contributed by atoms with Gasteiger partial charge in [-0.1, -0.05) is 35.5 Å². The number of amides is 1. The number of benzene rings is 2. The standard InChI is InChI=1S/C19H15ClF4N4O2S/c1-28-16(9-30-11-6-7-14(21)13(20)8-11)26-27-18(28)31-10-17(29)25-15-5-3-2-4-12(15)19(22,23)24/h2-8H,9-10H2,1H3,(H,25,29). The predicted octanol–water partition coefficient (Wildman–Crippen LogP) is 4.94. The molecular weight excluding hydrogens is 460 g/mol. The molecule has 3 rings (SSSR count). The minimum atomic E-state index is -4.58. The maximum absolute atomic E-state index is 13.2. The van der Waals surface area contributed by atoms with Gasteiger partial charge in [-0.3, -0.25) is 4.79 Å². The number of nitrogens with one attached hydrogen (secondary N) is 1. The molecule has 0 unspecified atom stereocenters. The number of para-hydroxylation sites is 1. The first-order valence-corrected chi connectivity index (χ1v) is 10.1. The molecule has 1 aromatic heterocycles. The number of alkyl halides is 3. The molecule has 0 bridgehead atoms. The number of rotatable bonds is 7. The third-order valence-electron chi connectivity index (χ3n) is 4.02. The number of nitrogens with zero attached hydrogens (tertiary/aromatic N) is 3. The van der Waals surface area contributed by atoms with E-state index in [-0.39, 0.29) is 23.1 Å². The predicted molar refractivity (Wildman–Crippen MR) is 108 cm³/mol. The second kappa shape index (κ2) is 9.56. The molecule has 12 heteroatoms. The highest BCUT2D eigenvalue weighted by atomic mass is 35.5. The van der Waals surface area contributed by atoms with Crippen LogP contribution in [0.3, 0.4) is 0 Å². The highest BCUT2D eigenvalue weighted by Gasteiger charge is 2.33. The fourth-order valence-electron chi connectivity index (χ4n) is 2.47. The van der Waals surface area contributed by atoms with Gasteiger partial charge < -0.3 is 14.6 Å². The second-order valence-electron chi connectivity index (χ2n) is 6.20. The van der Waals surface area contributed by atoms with Crippen molar-refractivity contribution in [3.05, 3.63) is 64.7 Å². The zero-order valence-electron chi connectivity index (χ0n) is 15.9. The lowest BCUT2D eigenvalue weighted by molar-refractivity contribution is -0.137. The molecule has 1 amide bonds. The van der Waals surface area contributed by atoms with Crippen LogP contribution in [0.4, 0.5) is 23.2 Å². The van der Waals surface area contributed by atoms with Crippen molar-refractivity contribution in [3.63, 3.8) is 0 Å². The maximum Gasteiger partial charge on any atom is 0.418 e. The number of carbonyl (C=O) groups is 1. The second-order valence-corrected chi connectivity index (χ2v) is 7.55. The maximum atomic E-state index is 13.2. The van der Waals surface area contributed by atoms with Crippen LogP contribution in [0.2, 0.25) is 5.02 Å². The van der Waals surface area contributed by atoms with E-state index in [0.29, 0.717) is 16.7 Å². The molecule has 1 heterocycles. The van der Waals surface area contributed by atoms with E-state index < -0.39 is 23.5 Å². The SMILES string of the molecule is Cn1c(COc2ccc(F)c(Cl)c2)nnc1SCC(=O)Nc1ccccc1C(F)(F)F. The first-order chi connectivity index (χ1) is 14.6. The molecule has 2 aromatic carbocycles. The molecular formula is C19H15ClF4N4O2S. The normalized spacial score (nSPS) is 11.4. The van der Waals surface area contributed by atoms with Crippen LogP contribution < -0.4 is 10.1 Å². The lowest BCUT2D eigenvalue weighted by Crippen LogP contribution is -2.18. The summed E-state index contributed by atoms with van der Waals surface area (Å²) in [5.41, 5.74) is -1.24. The lowest BCUT2D eigenvalue weighted by Gasteiger charge is -2.13. The van der Waals surface area contributed by atoms with Gasteiger partial charge >= 0.3 is 6.18 Å².